The molecule has 0 bridgehead atoms. The predicted octanol–water partition coefficient (Wildman–Crippen LogP) is 1.59. The molecular formula is C12H16N4O2S2. The van der Waals surface area contributed by atoms with Gasteiger partial charge in [0.1, 0.15) is 0 Å². The number of nitrogen functional groups attached to an aromatic ring is 1. The molecule has 108 valence electrons. The summed E-state index contributed by atoms with van der Waals surface area (Å²) in [5, 5.41) is 3.13. The molecule has 0 spiro atoms. The zero-order valence-corrected chi connectivity index (χ0v) is 12.8. The van der Waals surface area contributed by atoms with E-state index in [1.165, 1.54) is 35.8 Å². The number of aromatic nitrogens is 1. The number of benzene rings is 1. The van der Waals surface area contributed by atoms with Crippen molar-refractivity contribution in [1.82, 2.24) is 9.29 Å². The SMILES string of the molecule is CN(C)S(=O)(=O)c1ccc(N)c(NCc2cncs2)c1. The first-order chi connectivity index (χ1) is 9.41. The summed E-state index contributed by atoms with van der Waals surface area (Å²) < 4.78 is 25.3. The molecule has 0 radical (unpaired) electrons. The van der Waals surface area contributed by atoms with Gasteiger partial charge in [0.2, 0.25) is 10.0 Å². The van der Waals surface area contributed by atoms with Crippen molar-refractivity contribution in [1.29, 1.82) is 0 Å². The maximum absolute atomic E-state index is 12.1. The molecule has 0 fully saturated rings. The molecule has 20 heavy (non-hydrogen) atoms. The molecule has 1 heterocycles. The van der Waals surface area contributed by atoms with Crippen LogP contribution in [-0.2, 0) is 16.6 Å². The van der Waals surface area contributed by atoms with Crippen molar-refractivity contribution in [3.05, 3.63) is 34.8 Å². The first kappa shape index (κ1) is 14.8. The lowest BCUT2D eigenvalue weighted by molar-refractivity contribution is 0.521. The summed E-state index contributed by atoms with van der Waals surface area (Å²) >= 11 is 1.52. The number of anilines is 2. The summed E-state index contributed by atoms with van der Waals surface area (Å²) in [5.41, 5.74) is 8.71. The van der Waals surface area contributed by atoms with Gasteiger partial charge in [-0.3, -0.25) is 4.98 Å². The van der Waals surface area contributed by atoms with E-state index in [4.69, 9.17) is 5.73 Å². The summed E-state index contributed by atoms with van der Waals surface area (Å²) in [4.78, 5) is 5.24. The van der Waals surface area contributed by atoms with Gasteiger partial charge in [-0.2, -0.15) is 0 Å². The van der Waals surface area contributed by atoms with Gasteiger partial charge in [-0.05, 0) is 18.2 Å². The van der Waals surface area contributed by atoms with Crippen molar-refractivity contribution in [3.63, 3.8) is 0 Å². The second kappa shape index (κ2) is 5.78. The third kappa shape index (κ3) is 3.09. The fourth-order valence-corrected chi connectivity index (χ4v) is 3.03. The van der Waals surface area contributed by atoms with E-state index in [9.17, 15) is 8.42 Å². The Morgan fingerprint density at radius 3 is 2.75 bits per heavy atom. The minimum absolute atomic E-state index is 0.212. The molecule has 0 aliphatic carbocycles. The van der Waals surface area contributed by atoms with Gasteiger partial charge < -0.3 is 11.1 Å². The maximum Gasteiger partial charge on any atom is 0.242 e. The number of sulfonamides is 1. The van der Waals surface area contributed by atoms with Crippen LogP contribution in [0.15, 0.2) is 34.8 Å². The van der Waals surface area contributed by atoms with E-state index >= 15 is 0 Å². The largest absolute Gasteiger partial charge is 0.397 e. The molecule has 6 nitrogen and oxygen atoms in total. The lowest BCUT2D eigenvalue weighted by Crippen LogP contribution is -2.22. The maximum atomic E-state index is 12.1. The summed E-state index contributed by atoms with van der Waals surface area (Å²) in [7, 11) is -0.468. The topological polar surface area (TPSA) is 88.3 Å². The molecule has 2 aromatic rings. The Kier molecular flexibility index (Phi) is 4.26. The minimum atomic E-state index is -3.46. The number of rotatable bonds is 5. The summed E-state index contributed by atoms with van der Waals surface area (Å²) in [6.07, 6.45) is 1.76. The van der Waals surface area contributed by atoms with Crippen LogP contribution in [0.2, 0.25) is 0 Å². The van der Waals surface area contributed by atoms with Gasteiger partial charge in [-0.25, -0.2) is 12.7 Å². The van der Waals surface area contributed by atoms with E-state index in [1.807, 2.05) is 0 Å². The summed E-state index contributed by atoms with van der Waals surface area (Å²) in [5.74, 6) is 0. The Balaban J connectivity index is 2.25. The Labute approximate surface area is 122 Å². The highest BCUT2D eigenvalue weighted by Crippen LogP contribution is 2.25. The third-order valence-electron chi connectivity index (χ3n) is 2.74. The molecule has 0 amide bonds. The van der Waals surface area contributed by atoms with Gasteiger partial charge >= 0.3 is 0 Å². The van der Waals surface area contributed by atoms with E-state index in [1.54, 1.807) is 23.8 Å². The first-order valence-electron chi connectivity index (χ1n) is 5.84. The molecular weight excluding hydrogens is 296 g/mol. The van der Waals surface area contributed by atoms with Gasteiger partial charge in [-0.15, -0.1) is 11.3 Å². The number of nitrogens with zero attached hydrogens (tertiary/aromatic N) is 2. The van der Waals surface area contributed by atoms with Crippen LogP contribution in [-0.4, -0.2) is 31.8 Å². The normalized spacial score (nSPS) is 11.8. The fourth-order valence-electron chi connectivity index (χ4n) is 1.57. The molecule has 0 unspecified atom stereocenters. The predicted molar refractivity (Wildman–Crippen MR) is 81.2 cm³/mol. The van der Waals surface area contributed by atoms with E-state index in [0.717, 1.165) is 4.88 Å². The number of thiazole rings is 1. The van der Waals surface area contributed by atoms with Gasteiger partial charge in [0, 0.05) is 25.2 Å². The van der Waals surface area contributed by atoms with Crippen LogP contribution in [0.1, 0.15) is 4.88 Å². The molecule has 8 heteroatoms. The second-order valence-electron chi connectivity index (χ2n) is 4.36. The van der Waals surface area contributed by atoms with Crippen LogP contribution in [0.4, 0.5) is 11.4 Å². The number of nitrogens with two attached hydrogens (primary N) is 1. The van der Waals surface area contributed by atoms with Crippen molar-refractivity contribution in [2.24, 2.45) is 0 Å². The second-order valence-corrected chi connectivity index (χ2v) is 7.48. The average Bonchev–Trinajstić information content (AvgIpc) is 2.90. The highest BCUT2D eigenvalue weighted by atomic mass is 32.2. The Morgan fingerprint density at radius 2 is 2.15 bits per heavy atom. The van der Waals surface area contributed by atoms with E-state index in [2.05, 4.69) is 10.3 Å². The van der Waals surface area contributed by atoms with Crippen LogP contribution in [0.25, 0.3) is 0 Å². The van der Waals surface area contributed by atoms with Gasteiger partial charge in [0.05, 0.1) is 28.3 Å². The molecule has 0 aliphatic rings. The van der Waals surface area contributed by atoms with E-state index < -0.39 is 10.0 Å². The standard InChI is InChI=1S/C12H16N4O2S2/c1-16(2)20(17,18)10-3-4-11(13)12(5-10)15-7-9-6-14-8-19-9/h3-6,8,15H,7,13H2,1-2H3. The molecule has 1 aromatic carbocycles. The van der Waals surface area contributed by atoms with Crippen molar-refractivity contribution in [2.45, 2.75) is 11.4 Å². The van der Waals surface area contributed by atoms with Crippen LogP contribution in [0.5, 0.6) is 0 Å². The average molecular weight is 312 g/mol. The van der Waals surface area contributed by atoms with Crippen LogP contribution in [0.3, 0.4) is 0 Å². The van der Waals surface area contributed by atoms with Crippen LogP contribution >= 0.6 is 11.3 Å². The van der Waals surface area contributed by atoms with Crippen molar-refractivity contribution in [3.8, 4) is 0 Å². The first-order valence-corrected chi connectivity index (χ1v) is 8.16. The highest BCUT2D eigenvalue weighted by molar-refractivity contribution is 7.89. The monoisotopic (exact) mass is 312 g/mol. The van der Waals surface area contributed by atoms with Crippen molar-refractivity contribution >= 4 is 32.7 Å². The zero-order valence-electron chi connectivity index (χ0n) is 11.2. The minimum Gasteiger partial charge on any atom is -0.397 e. The summed E-state index contributed by atoms with van der Waals surface area (Å²) in [6.45, 7) is 0.556. The fraction of sp³-hybridized carbons (Fsp3) is 0.250. The Hall–Kier alpha value is -1.64. The third-order valence-corrected chi connectivity index (χ3v) is 5.33. The van der Waals surface area contributed by atoms with E-state index in [0.29, 0.717) is 17.9 Å². The Morgan fingerprint density at radius 1 is 1.40 bits per heavy atom. The van der Waals surface area contributed by atoms with Gasteiger partial charge in [-0.1, -0.05) is 0 Å². The molecule has 0 atom stereocenters. The molecule has 0 saturated carbocycles. The van der Waals surface area contributed by atoms with Crippen LogP contribution < -0.4 is 11.1 Å². The van der Waals surface area contributed by atoms with Crippen LogP contribution in [0, 0.1) is 0 Å². The van der Waals surface area contributed by atoms with Gasteiger partial charge in [0.15, 0.2) is 0 Å². The summed E-state index contributed by atoms with van der Waals surface area (Å²) in [6, 6.07) is 4.64. The van der Waals surface area contributed by atoms with Gasteiger partial charge in [0.25, 0.3) is 0 Å². The van der Waals surface area contributed by atoms with Crippen molar-refractivity contribution < 1.29 is 8.42 Å². The Bertz CT molecular complexity index is 681. The van der Waals surface area contributed by atoms with Crippen molar-refractivity contribution in [2.75, 3.05) is 25.1 Å². The molecule has 0 saturated heterocycles. The molecule has 0 aliphatic heterocycles. The highest BCUT2D eigenvalue weighted by Gasteiger charge is 2.18. The number of hydrogen-bond donors (Lipinski definition) is 2. The lowest BCUT2D eigenvalue weighted by atomic mass is 10.2. The zero-order chi connectivity index (χ0) is 14.8. The molecule has 3 N–H and O–H groups in total. The molecule has 2 rings (SSSR count). The molecule has 1 aromatic heterocycles. The van der Waals surface area contributed by atoms with E-state index in [-0.39, 0.29) is 4.90 Å². The number of hydrogen-bond acceptors (Lipinski definition) is 6. The smallest absolute Gasteiger partial charge is 0.242 e. The lowest BCUT2D eigenvalue weighted by Gasteiger charge is -2.14. The quantitative estimate of drug-likeness (QED) is 0.819. The number of nitrogens with one attached hydrogen (secondary N) is 1.